The molecule has 23 heavy (non-hydrogen) atoms. The van der Waals surface area contributed by atoms with Crippen molar-refractivity contribution in [3.63, 3.8) is 0 Å². The van der Waals surface area contributed by atoms with Gasteiger partial charge >= 0.3 is 0 Å². The van der Waals surface area contributed by atoms with Gasteiger partial charge in [0.1, 0.15) is 5.76 Å². The summed E-state index contributed by atoms with van der Waals surface area (Å²) in [6.45, 7) is 7.83. The molecule has 0 saturated heterocycles. The zero-order chi connectivity index (χ0) is 16.7. The molecule has 0 amide bonds. The first-order chi connectivity index (χ1) is 11.1. The van der Waals surface area contributed by atoms with Gasteiger partial charge in [0.05, 0.1) is 23.5 Å². The summed E-state index contributed by atoms with van der Waals surface area (Å²) in [6, 6.07) is 4.28. The molecule has 0 radical (unpaired) electrons. The zero-order valence-corrected chi connectivity index (χ0v) is 15.2. The number of guanidine groups is 1. The fraction of sp³-hybridized carbons (Fsp3) is 0.529. The number of aliphatic imine (C=N–C) groups is 1. The van der Waals surface area contributed by atoms with Gasteiger partial charge in [0.25, 0.3) is 0 Å². The fourth-order valence-electron chi connectivity index (χ4n) is 2.12. The number of furan rings is 1. The van der Waals surface area contributed by atoms with Gasteiger partial charge in [-0.2, -0.15) is 0 Å². The summed E-state index contributed by atoms with van der Waals surface area (Å²) in [5.41, 5.74) is 1.08. The van der Waals surface area contributed by atoms with Gasteiger partial charge in [0, 0.05) is 31.4 Å². The van der Waals surface area contributed by atoms with Crippen LogP contribution in [0.1, 0.15) is 36.7 Å². The van der Waals surface area contributed by atoms with E-state index in [4.69, 9.17) is 9.41 Å². The Morgan fingerprint density at radius 2 is 2.35 bits per heavy atom. The summed E-state index contributed by atoms with van der Waals surface area (Å²) >= 11 is 1.68. The normalized spacial score (nSPS) is 13.1. The molecule has 1 N–H and O–H groups in total. The van der Waals surface area contributed by atoms with Crippen LogP contribution in [0.4, 0.5) is 0 Å². The highest BCUT2D eigenvalue weighted by atomic mass is 32.1. The standard InChI is InChI=1S/C17H26N4OS/c1-5-13(2)19-17(18-9-8-16-7-6-10-22-16)21(4)11-15-12-23-14(3)20-15/h6-7,10,12-13H,5,8-9,11H2,1-4H3,(H,18,19). The van der Waals surface area contributed by atoms with Gasteiger partial charge < -0.3 is 14.6 Å². The predicted octanol–water partition coefficient (Wildman–Crippen LogP) is 3.46. The second kappa shape index (κ2) is 8.72. The lowest BCUT2D eigenvalue weighted by Crippen LogP contribution is -2.43. The molecule has 126 valence electrons. The van der Waals surface area contributed by atoms with Gasteiger partial charge in [-0.05, 0) is 32.4 Å². The maximum Gasteiger partial charge on any atom is 0.194 e. The number of nitrogens with one attached hydrogen (secondary N) is 1. The summed E-state index contributed by atoms with van der Waals surface area (Å²) in [5.74, 6) is 1.88. The quantitative estimate of drug-likeness (QED) is 0.622. The van der Waals surface area contributed by atoms with Crippen LogP contribution in [0.3, 0.4) is 0 Å². The fourth-order valence-corrected chi connectivity index (χ4v) is 2.73. The average molecular weight is 334 g/mol. The monoisotopic (exact) mass is 334 g/mol. The van der Waals surface area contributed by atoms with Crippen molar-refractivity contribution in [3.8, 4) is 0 Å². The van der Waals surface area contributed by atoms with Crippen LogP contribution < -0.4 is 5.32 Å². The number of hydrogen-bond donors (Lipinski definition) is 1. The van der Waals surface area contributed by atoms with Crippen molar-refractivity contribution >= 4 is 17.3 Å². The van der Waals surface area contributed by atoms with E-state index < -0.39 is 0 Å². The number of rotatable bonds is 7. The largest absolute Gasteiger partial charge is 0.469 e. The number of aromatic nitrogens is 1. The molecule has 1 atom stereocenters. The molecule has 2 aromatic heterocycles. The Labute approximate surface area is 142 Å². The molecule has 0 spiro atoms. The summed E-state index contributed by atoms with van der Waals surface area (Å²) in [7, 11) is 2.05. The third-order valence-electron chi connectivity index (χ3n) is 3.62. The molecule has 0 aromatic carbocycles. The smallest absolute Gasteiger partial charge is 0.194 e. The van der Waals surface area contributed by atoms with Gasteiger partial charge in [-0.3, -0.25) is 4.99 Å². The van der Waals surface area contributed by atoms with E-state index in [9.17, 15) is 0 Å². The first kappa shape index (κ1) is 17.5. The van der Waals surface area contributed by atoms with Crippen molar-refractivity contribution in [2.24, 2.45) is 4.99 Å². The first-order valence-electron chi connectivity index (χ1n) is 8.04. The molecule has 0 bridgehead atoms. The van der Waals surface area contributed by atoms with Gasteiger partial charge in [-0.1, -0.05) is 6.92 Å². The summed E-state index contributed by atoms with van der Waals surface area (Å²) in [5, 5.41) is 6.70. The maximum atomic E-state index is 5.36. The topological polar surface area (TPSA) is 53.7 Å². The second-order valence-electron chi connectivity index (χ2n) is 5.70. The van der Waals surface area contributed by atoms with Crippen molar-refractivity contribution in [1.29, 1.82) is 0 Å². The lowest BCUT2D eigenvalue weighted by atomic mass is 10.3. The minimum Gasteiger partial charge on any atom is -0.469 e. The average Bonchev–Trinajstić information content (AvgIpc) is 3.17. The minimum atomic E-state index is 0.386. The van der Waals surface area contributed by atoms with E-state index in [-0.39, 0.29) is 0 Å². The van der Waals surface area contributed by atoms with E-state index in [1.165, 1.54) is 0 Å². The zero-order valence-electron chi connectivity index (χ0n) is 14.4. The van der Waals surface area contributed by atoms with E-state index in [2.05, 4.69) is 41.5 Å². The molecule has 2 rings (SSSR count). The number of nitrogens with zero attached hydrogens (tertiary/aromatic N) is 3. The van der Waals surface area contributed by atoms with Crippen molar-refractivity contribution in [3.05, 3.63) is 40.2 Å². The summed E-state index contributed by atoms with van der Waals surface area (Å²) < 4.78 is 5.36. The summed E-state index contributed by atoms with van der Waals surface area (Å²) in [6.07, 6.45) is 3.57. The van der Waals surface area contributed by atoms with Crippen LogP contribution in [0, 0.1) is 6.92 Å². The number of aryl methyl sites for hydroxylation is 1. The molecule has 2 heterocycles. The Morgan fingerprint density at radius 1 is 1.52 bits per heavy atom. The van der Waals surface area contributed by atoms with Crippen LogP contribution in [0.5, 0.6) is 0 Å². The van der Waals surface area contributed by atoms with E-state index in [0.29, 0.717) is 12.6 Å². The van der Waals surface area contributed by atoms with E-state index in [0.717, 1.165) is 41.8 Å². The molecule has 6 heteroatoms. The van der Waals surface area contributed by atoms with Gasteiger partial charge in [0.15, 0.2) is 5.96 Å². The molecule has 0 aliphatic heterocycles. The third kappa shape index (κ3) is 5.71. The highest BCUT2D eigenvalue weighted by Gasteiger charge is 2.11. The van der Waals surface area contributed by atoms with Crippen LogP contribution in [0.2, 0.25) is 0 Å². The van der Waals surface area contributed by atoms with Gasteiger partial charge in [-0.25, -0.2) is 4.98 Å². The van der Waals surface area contributed by atoms with Crippen molar-refractivity contribution in [2.75, 3.05) is 13.6 Å². The predicted molar refractivity (Wildman–Crippen MR) is 95.9 cm³/mol. The van der Waals surface area contributed by atoms with Crippen molar-refractivity contribution in [2.45, 2.75) is 46.2 Å². The molecule has 0 fully saturated rings. The molecule has 1 unspecified atom stereocenters. The Kier molecular flexibility index (Phi) is 6.65. The summed E-state index contributed by atoms with van der Waals surface area (Å²) in [4.78, 5) is 11.4. The minimum absolute atomic E-state index is 0.386. The second-order valence-corrected chi connectivity index (χ2v) is 6.76. The van der Waals surface area contributed by atoms with Gasteiger partial charge in [-0.15, -0.1) is 11.3 Å². The Bertz CT molecular complexity index is 606. The van der Waals surface area contributed by atoms with Crippen molar-refractivity contribution in [1.82, 2.24) is 15.2 Å². The van der Waals surface area contributed by atoms with Crippen LogP contribution in [-0.2, 0) is 13.0 Å². The van der Waals surface area contributed by atoms with Gasteiger partial charge in [0.2, 0.25) is 0 Å². The maximum absolute atomic E-state index is 5.36. The Balaban J connectivity index is 1.99. The molecule has 0 saturated carbocycles. The van der Waals surface area contributed by atoms with Crippen LogP contribution in [-0.4, -0.2) is 35.5 Å². The van der Waals surface area contributed by atoms with Crippen molar-refractivity contribution < 1.29 is 4.42 Å². The molecule has 0 aliphatic carbocycles. The lowest BCUT2D eigenvalue weighted by molar-refractivity contribution is 0.453. The van der Waals surface area contributed by atoms with E-state index in [1.807, 2.05) is 19.1 Å². The molecular weight excluding hydrogens is 308 g/mol. The third-order valence-corrected chi connectivity index (χ3v) is 4.44. The van der Waals surface area contributed by atoms with Crippen LogP contribution >= 0.6 is 11.3 Å². The number of thiazole rings is 1. The highest BCUT2D eigenvalue weighted by molar-refractivity contribution is 7.09. The highest BCUT2D eigenvalue weighted by Crippen LogP contribution is 2.10. The van der Waals surface area contributed by atoms with E-state index in [1.54, 1.807) is 17.6 Å². The first-order valence-corrected chi connectivity index (χ1v) is 8.92. The molecule has 5 nitrogen and oxygen atoms in total. The molecule has 0 aliphatic rings. The molecule has 2 aromatic rings. The Morgan fingerprint density at radius 3 is 2.96 bits per heavy atom. The number of hydrogen-bond acceptors (Lipinski definition) is 4. The SMILES string of the molecule is CCC(C)NC(=NCCc1ccco1)N(C)Cc1csc(C)n1. The van der Waals surface area contributed by atoms with Crippen LogP contribution in [0.15, 0.2) is 33.2 Å². The van der Waals surface area contributed by atoms with E-state index >= 15 is 0 Å². The lowest BCUT2D eigenvalue weighted by Gasteiger charge is -2.24. The molecular formula is C17H26N4OS. The Hall–Kier alpha value is -1.82. The van der Waals surface area contributed by atoms with Crippen LogP contribution in [0.25, 0.3) is 0 Å².